The molecule has 0 rings (SSSR count). The number of phosphoric ester groups is 2. The molecule has 0 radical (unpaired) electrons. The Morgan fingerprint density at radius 2 is 0.471 bits per heavy atom. The second-order valence-corrected chi connectivity index (χ2v) is 26.8. The molecule has 0 aromatic heterocycles. The van der Waals surface area contributed by atoms with Crippen molar-refractivity contribution in [3.05, 3.63) is 0 Å². The van der Waals surface area contributed by atoms with E-state index in [-0.39, 0.29) is 25.7 Å². The van der Waals surface area contributed by atoms with E-state index < -0.39 is 97.5 Å². The van der Waals surface area contributed by atoms with E-state index in [1.165, 1.54) is 154 Å². The van der Waals surface area contributed by atoms with Gasteiger partial charge >= 0.3 is 39.5 Å². The highest BCUT2D eigenvalue weighted by atomic mass is 31.2. The first-order chi connectivity index (χ1) is 41.2. The minimum absolute atomic E-state index is 0.105. The second-order valence-electron chi connectivity index (χ2n) is 23.9. The zero-order valence-corrected chi connectivity index (χ0v) is 56.4. The van der Waals surface area contributed by atoms with E-state index in [0.717, 1.165) is 109 Å². The number of aliphatic hydroxyl groups is 1. The van der Waals surface area contributed by atoms with Crippen LogP contribution in [-0.4, -0.2) is 96.7 Å². The van der Waals surface area contributed by atoms with Crippen LogP contribution in [0.25, 0.3) is 0 Å². The van der Waals surface area contributed by atoms with Crippen molar-refractivity contribution in [3.63, 3.8) is 0 Å². The van der Waals surface area contributed by atoms with Crippen LogP contribution < -0.4 is 0 Å². The summed E-state index contributed by atoms with van der Waals surface area (Å²) in [5.41, 5.74) is 0. The van der Waals surface area contributed by atoms with Crippen LogP contribution >= 0.6 is 15.6 Å². The van der Waals surface area contributed by atoms with Crippen molar-refractivity contribution in [3.8, 4) is 0 Å². The Balaban J connectivity index is 5.17. The molecule has 0 spiro atoms. The summed E-state index contributed by atoms with van der Waals surface area (Å²) in [6.45, 7) is 4.85. The molecule has 85 heavy (non-hydrogen) atoms. The first-order valence-corrected chi connectivity index (χ1v) is 37.8. The van der Waals surface area contributed by atoms with Gasteiger partial charge in [0.25, 0.3) is 0 Å². The van der Waals surface area contributed by atoms with Gasteiger partial charge in [-0.15, -0.1) is 0 Å². The van der Waals surface area contributed by atoms with Crippen LogP contribution in [0, 0.1) is 0 Å². The van der Waals surface area contributed by atoms with Gasteiger partial charge in [0, 0.05) is 25.7 Å². The van der Waals surface area contributed by atoms with E-state index in [1.807, 2.05) is 0 Å². The predicted molar refractivity (Wildman–Crippen MR) is 340 cm³/mol. The van der Waals surface area contributed by atoms with E-state index >= 15 is 0 Å². The normalized spacial score (nSPS) is 14.1. The Labute approximate surface area is 517 Å². The minimum Gasteiger partial charge on any atom is -0.462 e. The quantitative estimate of drug-likeness (QED) is 0.0222. The Hall–Kier alpha value is -1.94. The van der Waals surface area contributed by atoms with Crippen LogP contribution in [0.15, 0.2) is 0 Å². The van der Waals surface area contributed by atoms with Gasteiger partial charge in [-0.1, -0.05) is 291 Å². The van der Waals surface area contributed by atoms with E-state index in [2.05, 4.69) is 27.7 Å². The van der Waals surface area contributed by atoms with Crippen molar-refractivity contribution >= 4 is 39.5 Å². The van der Waals surface area contributed by atoms with Gasteiger partial charge in [0.15, 0.2) is 12.2 Å². The SMILES string of the molecule is CCCCCCCCCCCCCCCCCCCC(=O)O[C@H](COC(=O)CCCCCCCCCCCCCCC)COP(=O)(O)OC[C@@H](O)COP(=O)(O)OC[C@@H](COC(=O)CCCCCCCCC)OC(=O)CCCCCCCCCC. The summed E-state index contributed by atoms with van der Waals surface area (Å²) >= 11 is 0. The van der Waals surface area contributed by atoms with Crippen LogP contribution in [0.4, 0.5) is 0 Å². The molecular formula is C66H128O17P2. The maximum Gasteiger partial charge on any atom is 0.472 e. The molecule has 19 heteroatoms. The van der Waals surface area contributed by atoms with Gasteiger partial charge in [-0.25, -0.2) is 9.13 Å². The molecule has 17 nitrogen and oxygen atoms in total. The Bertz CT molecular complexity index is 1640. The average molecular weight is 1260 g/mol. The lowest BCUT2D eigenvalue weighted by Crippen LogP contribution is -2.30. The van der Waals surface area contributed by atoms with Crippen molar-refractivity contribution in [1.82, 2.24) is 0 Å². The lowest BCUT2D eigenvalue weighted by molar-refractivity contribution is -0.161. The number of unbranched alkanes of at least 4 members (excludes halogenated alkanes) is 41. The maximum atomic E-state index is 13.0. The zero-order valence-electron chi connectivity index (χ0n) is 54.6. The fourth-order valence-corrected chi connectivity index (χ4v) is 11.6. The number of hydrogen-bond donors (Lipinski definition) is 3. The molecule has 0 aromatic carbocycles. The molecule has 504 valence electrons. The molecule has 2 unspecified atom stereocenters. The second kappa shape index (κ2) is 60.9. The van der Waals surface area contributed by atoms with E-state index in [9.17, 15) is 43.2 Å². The lowest BCUT2D eigenvalue weighted by atomic mass is 10.0. The number of phosphoric acid groups is 2. The highest BCUT2D eigenvalue weighted by molar-refractivity contribution is 7.47. The van der Waals surface area contributed by atoms with E-state index in [4.69, 9.17) is 37.0 Å². The first kappa shape index (κ1) is 83.1. The van der Waals surface area contributed by atoms with Gasteiger partial charge < -0.3 is 33.8 Å². The summed E-state index contributed by atoms with van der Waals surface area (Å²) in [6, 6.07) is 0. The molecule has 0 fully saturated rings. The number of esters is 4. The standard InChI is InChI=1S/C66H128O17P2/c1-5-9-13-17-21-24-26-28-29-30-31-33-35-37-41-45-49-53-66(71)83-62(57-77-64(69)51-47-43-40-36-34-32-27-25-22-18-14-10-6-2)59-81-85(74,75)79-55-60(67)54-78-84(72,73)80-58-61(56-76-63(68)50-46-42-38-20-16-12-8-4)82-65(70)52-48-44-39-23-19-15-11-7-3/h60-62,67H,5-59H2,1-4H3,(H,72,73)(H,74,75)/t60-,61+,62+/m0/s1. The van der Waals surface area contributed by atoms with Gasteiger partial charge in [0.1, 0.15) is 19.3 Å². The molecule has 0 bridgehead atoms. The topological polar surface area (TPSA) is 237 Å². The van der Waals surface area contributed by atoms with E-state index in [0.29, 0.717) is 25.7 Å². The summed E-state index contributed by atoms with van der Waals surface area (Å²) in [5.74, 6) is -2.13. The van der Waals surface area contributed by atoms with Crippen molar-refractivity contribution < 1.29 is 80.2 Å². The molecule has 0 aliphatic rings. The van der Waals surface area contributed by atoms with Gasteiger partial charge in [-0.2, -0.15) is 0 Å². The summed E-state index contributed by atoms with van der Waals surface area (Å²) in [7, 11) is -9.88. The van der Waals surface area contributed by atoms with Crippen molar-refractivity contribution in [2.24, 2.45) is 0 Å². The van der Waals surface area contributed by atoms with Crippen LogP contribution in [-0.2, 0) is 65.4 Å². The first-order valence-electron chi connectivity index (χ1n) is 34.8. The molecule has 0 aliphatic carbocycles. The van der Waals surface area contributed by atoms with Crippen molar-refractivity contribution in [2.45, 2.75) is 361 Å². The van der Waals surface area contributed by atoms with Gasteiger partial charge in [-0.3, -0.25) is 37.3 Å². The number of rotatable bonds is 67. The molecule has 0 heterocycles. The third-order valence-electron chi connectivity index (χ3n) is 15.4. The zero-order chi connectivity index (χ0) is 62.6. The smallest absolute Gasteiger partial charge is 0.462 e. The van der Waals surface area contributed by atoms with Crippen LogP contribution in [0.2, 0.25) is 0 Å². The van der Waals surface area contributed by atoms with Crippen LogP contribution in [0.1, 0.15) is 342 Å². The fourth-order valence-electron chi connectivity index (χ4n) is 9.99. The van der Waals surface area contributed by atoms with Crippen LogP contribution in [0.5, 0.6) is 0 Å². The molecular weight excluding hydrogens is 1130 g/mol. The molecule has 0 saturated heterocycles. The fraction of sp³-hybridized carbons (Fsp3) is 0.939. The predicted octanol–water partition coefficient (Wildman–Crippen LogP) is 18.7. The van der Waals surface area contributed by atoms with Gasteiger partial charge in [-0.05, 0) is 25.7 Å². The highest BCUT2D eigenvalue weighted by Gasteiger charge is 2.30. The number of hydrogen-bond acceptors (Lipinski definition) is 15. The number of carbonyl (C=O) groups is 4. The largest absolute Gasteiger partial charge is 0.472 e. The molecule has 0 aliphatic heterocycles. The Kier molecular flexibility index (Phi) is 59.6. The van der Waals surface area contributed by atoms with Gasteiger partial charge in [0.05, 0.1) is 26.4 Å². The molecule has 5 atom stereocenters. The van der Waals surface area contributed by atoms with E-state index in [1.54, 1.807) is 0 Å². The highest BCUT2D eigenvalue weighted by Crippen LogP contribution is 2.45. The monoisotopic (exact) mass is 1250 g/mol. The number of ether oxygens (including phenoxy) is 4. The number of aliphatic hydroxyl groups excluding tert-OH is 1. The molecule has 0 aromatic rings. The summed E-state index contributed by atoms with van der Waals surface area (Å²) in [5, 5.41) is 10.5. The molecule has 0 amide bonds. The van der Waals surface area contributed by atoms with Crippen molar-refractivity contribution in [2.75, 3.05) is 39.6 Å². The summed E-state index contributed by atoms with van der Waals surface area (Å²) < 4.78 is 67.9. The molecule has 0 saturated carbocycles. The van der Waals surface area contributed by atoms with Crippen LogP contribution in [0.3, 0.4) is 0 Å². The lowest BCUT2D eigenvalue weighted by Gasteiger charge is -2.21. The Morgan fingerprint density at radius 1 is 0.282 bits per heavy atom. The summed E-state index contributed by atoms with van der Waals surface area (Å²) in [4.78, 5) is 72.1. The average Bonchev–Trinajstić information content (AvgIpc) is 3.50. The molecule has 3 N–H and O–H groups in total. The minimum atomic E-state index is -4.94. The third-order valence-corrected chi connectivity index (χ3v) is 17.3. The number of carbonyl (C=O) groups excluding carboxylic acids is 4. The van der Waals surface area contributed by atoms with Gasteiger partial charge in [0.2, 0.25) is 0 Å². The summed E-state index contributed by atoms with van der Waals surface area (Å²) in [6.07, 6.45) is 47.4. The third kappa shape index (κ3) is 60.7. The Morgan fingerprint density at radius 3 is 0.694 bits per heavy atom. The maximum absolute atomic E-state index is 13.0. The van der Waals surface area contributed by atoms with Crippen molar-refractivity contribution in [1.29, 1.82) is 0 Å².